The first kappa shape index (κ1) is 19.1. The standard InChI is InChI=1S/C16H18BrNO4S2/c1-23(19,20)15-9-2-3-10-16(15)24(21,22)18-11-5-7-13-6-4-8-14(17)12-13/h2-4,6,8-10,12,18H,5,7,11H2,1H3. The van der Waals surface area contributed by atoms with Crippen molar-refractivity contribution in [2.24, 2.45) is 0 Å². The van der Waals surface area contributed by atoms with Crippen molar-refractivity contribution < 1.29 is 16.8 Å². The molecular weight excluding hydrogens is 414 g/mol. The summed E-state index contributed by atoms with van der Waals surface area (Å²) in [5.41, 5.74) is 1.10. The van der Waals surface area contributed by atoms with Gasteiger partial charge in [-0.3, -0.25) is 0 Å². The van der Waals surface area contributed by atoms with E-state index in [0.717, 1.165) is 22.7 Å². The molecule has 2 aromatic carbocycles. The first-order chi connectivity index (χ1) is 11.2. The number of rotatable bonds is 7. The molecule has 2 rings (SSSR count). The molecule has 0 fully saturated rings. The highest BCUT2D eigenvalue weighted by molar-refractivity contribution is 9.10. The number of hydrogen-bond acceptors (Lipinski definition) is 4. The molecule has 1 N–H and O–H groups in total. The smallest absolute Gasteiger partial charge is 0.224 e. The van der Waals surface area contributed by atoms with Gasteiger partial charge in [0, 0.05) is 17.3 Å². The molecular formula is C16H18BrNO4S2. The van der Waals surface area contributed by atoms with Crippen LogP contribution in [0.1, 0.15) is 12.0 Å². The molecule has 0 unspecified atom stereocenters. The van der Waals surface area contributed by atoms with Gasteiger partial charge in [0.1, 0.15) is 4.90 Å². The van der Waals surface area contributed by atoms with Crippen molar-refractivity contribution >= 4 is 35.8 Å². The monoisotopic (exact) mass is 431 g/mol. The normalized spacial score (nSPS) is 12.2. The molecule has 0 bridgehead atoms. The van der Waals surface area contributed by atoms with E-state index in [2.05, 4.69) is 20.7 Å². The molecule has 2 aromatic rings. The average molecular weight is 432 g/mol. The number of benzene rings is 2. The van der Waals surface area contributed by atoms with Crippen molar-refractivity contribution in [3.8, 4) is 0 Å². The second-order valence-electron chi connectivity index (χ2n) is 5.35. The summed E-state index contributed by atoms with van der Waals surface area (Å²) < 4.78 is 51.7. The van der Waals surface area contributed by atoms with Crippen molar-refractivity contribution in [1.29, 1.82) is 0 Å². The minimum absolute atomic E-state index is 0.190. The minimum atomic E-state index is -3.88. The van der Waals surface area contributed by atoms with Gasteiger partial charge in [0.25, 0.3) is 0 Å². The molecule has 24 heavy (non-hydrogen) atoms. The summed E-state index contributed by atoms with van der Waals surface area (Å²) in [4.78, 5) is -0.403. The first-order valence-electron chi connectivity index (χ1n) is 7.23. The number of aryl methyl sites for hydroxylation is 1. The molecule has 130 valence electrons. The summed E-state index contributed by atoms with van der Waals surface area (Å²) >= 11 is 3.39. The topological polar surface area (TPSA) is 80.3 Å². The Labute approximate surface area is 151 Å². The molecule has 0 saturated carbocycles. The zero-order valence-electron chi connectivity index (χ0n) is 13.1. The highest BCUT2D eigenvalue weighted by atomic mass is 79.9. The fourth-order valence-corrected chi connectivity index (χ4v) is 5.40. The van der Waals surface area contributed by atoms with Crippen molar-refractivity contribution in [3.05, 3.63) is 58.6 Å². The van der Waals surface area contributed by atoms with Gasteiger partial charge in [-0.05, 0) is 42.7 Å². The van der Waals surface area contributed by atoms with Gasteiger partial charge < -0.3 is 0 Å². The van der Waals surface area contributed by atoms with Crippen molar-refractivity contribution in [2.75, 3.05) is 12.8 Å². The maximum atomic E-state index is 12.4. The van der Waals surface area contributed by atoms with Crippen LogP contribution in [0, 0.1) is 0 Å². The molecule has 0 aromatic heterocycles. The van der Waals surface area contributed by atoms with E-state index in [4.69, 9.17) is 0 Å². The predicted molar refractivity (Wildman–Crippen MR) is 97.2 cm³/mol. The number of sulfone groups is 1. The van der Waals surface area contributed by atoms with Crippen LogP contribution in [0.4, 0.5) is 0 Å². The lowest BCUT2D eigenvalue weighted by Gasteiger charge is -2.10. The van der Waals surface area contributed by atoms with Crippen LogP contribution in [0.15, 0.2) is 62.8 Å². The summed E-state index contributed by atoms with van der Waals surface area (Å²) in [6, 6.07) is 13.4. The van der Waals surface area contributed by atoms with Gasteiger partial charge in [-0.15, -0.1) is 0 Å². The molecule has 0 aliphatic rings. The SMILES string of the molecule is CS(=O)(=O)c1ccccc1S(=O)(=O)NCCCc1cccc(Br)c1. The van der Waals surface area contributed by atoms with E-state index >= 15 is 0 Å². The largest absolute Gasteiger partial charge is 0.241 e. The summed E-state index contributed by atoms with van der Waals surface area (Å²) in [7, 11) is -7.49. The lowest BCUT2D eigenvalue weighted by atomic mass is 10.1. The number of sulfonamides is 1. The third kappa shape index (κ3) is 5.14. The molecule has 0 aliphatic carbocycles. The maximum Gasteiger partial charge on any atom is 0.241 e. The third-order valence-electron chi connectivity index (χ3n) is 3.36. The quantitative estimate of drug-likeness (QED) is 0.683. The lowest BCUT2D eigenvalue weighted by molar-refractivity contribution is 0.572. The molecule has 0 radical (unpaired) electrons. The second kappa shape index (κ2) is 7.77. The summed E-state index contributed by atoms with van der Waals surface area (Å²) in [6.07, 6.45) is 2.32. The molecule has 0 amide bonds. The number of nitrogens with one attached hydrogen (secondary N) is 1. The van der Waals surface area contributed by atoms with E-state index in [1.807, 2.05) is 24.3 Å². The Kier molecular flexibility index (Phi) is 6.19. The van der Waals surface area contributed by atoms with Gasteiger partial charge >= 0.3 is 0 Å². The zero-order chi connectivity index (χ0) is 17.8. The van der Waals surface area contributed by atoms with Crippen molar-refractivity contribution in [2.45, 2.75) is 22.6 Å². The summed E-state index contributed by atoms with van der Waals surface area (Å²) in [5.74, 6) is 0. The minimum Gasteiger partial charge on any atom is -0.224 e. The maximum absolute atomic E-state index is 12.4. The Morgan fingerprint density at radius 3 is 2.25 bits per heavy atom. The van der Waals surface area contributed by atoms with E-state index in [9.17, 15) is 16.8 Å². The molecule has 0 heterocycles. The van der Waals surface area contributed by atoms with E-state index in [0.29, 0.717) is 6.42 Å². The number of hydrogen-bond donors (Lipinski definition) is 1. The van der Waals surface area contributed by atoms with E-state index in [1.54, 1.807) is 0 Å². The highest BCUT2D eigenvalue weighted by Gasteiger charge is 2.22. The Morgan fingerprint density at radius 1 is 0.958 bits per heavy atom. The highest BCUT2D eigenvalue weighted by Crippen LogP contribution is 2.20. The van der Waals surface area contributed by atoms with Gasteiger partial charge in [-0.2, -0.15) is 0 Å². The Bertz CT molecular complexity index is 925. The molecule has 0 saturated heterocycles. The Hall–Kier alpha value is -1.22. The van der Waals surface area contributed by atoms with E-state index in [-0.39, 0.29) is 16.3 Å². The fraction of sp³-hybridized carbons (Fsp3) is 0.250. The predicted octanol–water partition coefficient (Wildman–Crippen LogP) is 2.76. The van der Waals surface area contributed by atoms with Crippen molar-refractivity contribution in [1.82, 2.24) is 4.72 Å². The van der Waals surface area contributed by atoms with Crippen LogP contribution in [0.3, 0.4) is 0 Å². The van der Waals surface area contributed by atoms with Crippen LogP contribution in [0.5, 0.6) is 0 Å². The second-order valence-corrected chi connectivity index (χ2v) is 9.99. The first-order valence-corrected chi connectivity index (χ1v) is 11.4. The van der Waals surface area contributed by atoms with Gasteiger partial charge in [0.15, 0.2) is 9.84 Å². The molecule has 0 aliphatic heterocycles. The lowest BCUT2D eigenvalue weighted by Crippen LogP contribution is -2.26. The van der Waals surface area contributed by atoms with Gasteiger partial charge in [0.2, 0.25) is 10.0 Å². The van der Waals surface area contributed by atoms with E-state index < -0.39 is 19.9 Å². The van der Waals surface area contributed by atoms with Gasteiger partial charge in [-0.1, -0.05) is 40.2 Å². The zero-order valence-corrected chi connectivity index (χ0v) is 16.3. The summed E-state index contributed by atoms with van der Waals surface area (Å²) in [6.45, 7) is 0.229. The van der Waals surface area contributed by atoms with Crippen LogP contribution in [0.25, 0.3) is 0 Å². The Morgan fingerprint density at radius 2 is 1.62 bits per heavy atom. The Balaban J connectivity index is 2.05. The van der Waals surface area contributed by atoms with Gasteiger partial charge in [0.05, 0.1) is 4.90 Å². The third-order valence-corrected chi connectivity index (χ3v) is 6.66. The van der Waals surface area contributed by atoms with Crippen LogP contribution in [-0.4, -0.2) is 29.6 Å². The average Bonchev–Trinajstić information content (AvgIpc) is 2.51. The molecule has 0 spiro atoms. The van der Waals surface area contributed by atoms with E-state index in [1.165, 1.54) is 24.3 Å². The van der Waals surface area contributed by atoms with Crippen LogP contribution >= 0.6 is 15.9 Å². The fourth-order valence-electron chi connectivity index (χ4n) is 2.25. The van der Waals surface area contributed by atoms with Gasteiger partial charge in [-0.25, -0.2) is 21.6 Å². The number of halogens is 1. The molecule has 0 atom stereocenters. The van der Waals surface area contributed by atoms with Crippen LogP contribution < -0.4 is 4.72 Å². The molecule has 5 nitrogen and oxygen atoms in total. The molecule has 8 heteroatoms. The van der Waals surface area contributed by atoms with Crippen LogP contribution in [-0.2, 0) is 26.3 Å². The van der Waals surface area contributed by atoms with Crippen molar-refractivity contribution in [3.63, 3.8) is 0 Å². The van der Waals surface area contributed by atoms with Crippen LogP contribution in [0.2, 0.25) is 0 Å². The summed E-state index contributed by atoms with van der Waals surface area (Å²) in [5, 5.41) is 0.